The number of benzene rings is 3. The molecule has 6 heteroatoms. The Hall–Kier alpha value is -3.80. The molecule has 0 aliphatic carbocycles. The SMILES string of the molecule is Cc1c(C)c(-c2ccc(NCC(=O)O)cc2)c(C)c(C)c1-c1ccc(NCC(=O)O)cc1. The van der Waals surface area contributed by atoms with Crippen molar-refractivity contribution in [3.8, 4) is 22.3 Å². The minimum Gasteiger partial charge on any atom is -0.480 e. The molecule has 0 saturated carbocycles. The fourth-order valence-electron chi connectivity index (χ4n) is 4.04. The average molecular weight is 433 g/mol. The van der Waals surface area contributed by atoms with Crippen molar-refractivity contribution >= 4 is 23.3 Å². The van der Waals surface area contributed by atoms with Gasteiger partial charge in [-0.05, 0) is 96.5 Å². The van der Waals surface area contributed by atoms with Crippen LogP contribution in [0.15, 0.2) is 48.5 Å². The maximum atomic E-state index is 10.8. The molecule has 0 fully saturated rings. The molecule has 3 aromatic rings. The summed E-state index contributed by atoms with van der Waals surface area (Å²) in [5, 5.41) is 23.4. The summed E-state index contributed by atoms with van der Waals surface area (Å²) in [5.74, 6) is -1.79. The summed E-state index contributed by atoms with van der Waals surface area (Å²) in [5.41, 5.74) is 10.9. The molecule has 0 radical (unpaired) electrons. The Kier molecular flexibility index (Phi) is 6.83. The van der Waals surface area contributed by atoms with Gasteiger partial charge in [-0.1, -0.05) is 24.3 Å². The second-order valence-electron chi connectivity index (χ2n) is 7.90. The predicted molar refractivity (Wildman–Crippen MR) is 129 cm³/mol. The summed E-state index contributed by atoms with van der Waals surface area (Å²) >= 11 is 0. The van der Waals surface area contributed by atoms with Crippen LogP contribution in [0.5, 0.6) is 0 Å². The van der Waals surface area contributed by atoms with E-state index in [1.54, 1.807) is 0 Å². The first-order chi connectivity index (χ1) is 15.2. The van der Waals surface area contributed by atoms with Gasteiger partial charge < -0.3 is 20.8 Å². The van der Waals surface area contributed by atoms with Crippen molar-refractivity contribution in [2.24, 2.45) is 0 Å². The molecule has 3 rings (SSSR count). The van der Waals surface area contributed by atoms with Crippen molar-refractivity contribution in [3.63, 3.8) is 0 Å². The third-order valence-electron chi connectivity index (χ3n) is 5.86. The molecule has 0 heterocycles. The molecule has 0 spiro atoms. The highest BCUT2D eigenvalue weighted by molar-refractivity contribution is 5.84. The van der Waals surface area contributed by atoms with E-state index in [-0.39, 0.29) is 13.1 Å². The number of carboxylic acid groups (broad SMARTS) is 2. The van der Waals surface area contributed by atoms with Gasteiger partial charge in [0.1, 0.15) is 13.1 Å². The van der Waals surface area contributed by atoms with Gasteiger partial charge in [0, 0.05) is 11.4 Å². The van der Waals surface area contributed by atoms with E-state index in [2.05, 4.69) is 38.3 Å². The minimum atomic E-state index is -0.895. The minimum absolute atomic E-state index is 0.116. The second-order valence-corrected chi connectivity index (χ2v) is 7.90. The van der Waals surface area contributed by atoms with Crippen molar-refractivity contribution in [2.45, 2.75) is 27.7 Å². The lowest BCUT2D eigenvalue weighted by Crippen LogP contribution is -2.12. The number of hydrogen-bond donors (Lipinski definition) is 4. The maximum Gasteiger partial charge on any atom is 0.322 e. The van der Waals surface area contributed by atoms with Crippen molar-refractivity contribution in [2.75, 3.05) is 23.7 Å². The zero-order valence-corrected chi connectivity index (χ0v) is 18.7. The normalized spacial score (nSPS) is 10.6. The van der Waals surface area contributed by atoms with Crippen molar-refractivity contribution in [1.82, 2.24) is 0 Å². The summed E-state index contributed by atoms with van der Waals surface area (Å²) in [7, 11) is 0. The zero-order chi connectivity index (χ0) is 23.4. The molecule has 0 unspecified atom stereocenters. The van der Waals surface area contributed by atoms with Crippen LogP contribution < -0.4 is 10.6 Å². The smallest absolute Gasteiger partial charge is 0.322 e. The summed E-state index contributed by atoms with van der Waals surface area (Å²) in [4.78, 5) is 21.5. The standard InChI is InChI=1S/C26H28N2O4/c1-15-16(2)26(20-7-11-22(12-8-20)28-14-24(31)32)18(4)17(3)25(15)19-5-9-21(10-6-19)27-13-23(29)30/h5-12,27-28H,13-14H2,1-4H3,(H,29,30)(H,31,32). The van der Waals surface area contributed by atoms with Crippen LogP contribution in [0.3, 0.4) is 0 Å². The number of nitrogens with one attached hydrogen (secondary N) is 2. The van der Waals surface area contributed by atoms with E-state index in [1.165, 1.54) is 33.4 Å². The van der Waals surface area contributed by atoms with E-state index in [1.807, 2.05) is 48.5 Å². The lowest BCUT2D eigenvalue weighted by molar-refractivity contribution is -0.135. The summed E-state index contributed by atoms with van der Waals surface area (Å²) in [6.07, 6.45) is 0. The molecule has 0 saturated heterocycles. The Bertz CT molecular complexity index is 1030. The lowest BCUT2D eigenvalue weighted by atomic mass is 9.83. The van der Waals surface area contributed by atoms with Gasteiger partial charge >= 0.3 is 11.9 Å². The predicted octanol–water partition coefficient (Wildman–Crippen LogP) is 5.25. The fourth-order valence-corrected chi connectivity index (χ4v) is 4.04. The van der Waals surface area contributed by atoms with Crippen LogP contribution in [0.25, 0.3) is 22.3 Å². The Morgan fingerprint density at radius 2 is 0.875 bits per heavy atom. The summed E-state index contributed by atoms with van der Waals surface area (Å²) < 4.78 is 0. The van der Waals surface area contributed by atoms with E-state index in [9.17, 15) is 9.59 Å². The molecular weight excluding hydrogens is 404 g/mol. The van der Waals surface area contributed by atoms with Gasteiger partial charge in [0.2, 0.25) is 0 Å². The highest BCUT2D eigenvalue weighted by Crippen LogP contribution is 2.39. The molecule has 0 bridgehead atoms. The van der Waals surface area contributed by atoms with Gasteiger partial charge in [0.05, 0.1) is 0 Å². The van der Waals surface area contributed by atoms with Crippen LogP contribution >= 0.6 is 0 Å². The number of carbonyl (C=O) groups is 2. The molecule has 0 amide bonds. The number of anilines is 2. The fraction of sp³-hybridized carbons (Fsp3) is 0.231. The highest BCUT2D eigenvalue weighted by Gasteiger charge is 2.17. The third-order valence-corrected chi connectivity index (χ3v) is 5.86. The first-order valence-corrected chi connectivity index (χ1v) is 10.4. The van der Waals surface area contributed by atoms with Crippen LogP contribution in [0.2, 0.25) is 0 Å². The summed E-state index contributed by atoms with van der Waals surface area (Å²) in [6, 6.07) is 15.7. The number of aliphatic carboxylic acids is 2. The molecule has 166 valence electrons. The van der Waals surface area contributed by atoms with Gasteiger partial charge in [-0.3, -0.25) is 9.59 Å². The van der Waals surface area contributed by atoms with Gasteiger partial charge in [0.25, 0.3) is 0 Å². The van der Waals surface area contributed by atoms with Crippen molar-refractivity contribution in [1.29, 1.82) is 0 Å². The van der Waals surface area contributed by atoms with Crippen LogP contribution in [-0.4, -0.2) is 35.2 Å². The molecule has 3 aromatic carbocycles. The van der Waals surface area contributed by atoms with E-state index < -0.39 is 11.9 Å². The van der Waals surface area contributed by atoms with Crippen LogP contribution in [-0.2, 0) is 9.59 Å². The van der Waals surface area contributed by atoms with E-state index in [4.69, 9.17) is 10.2 Å². The van der Waals surface area contributed by atoms with E-state index >= 15 is 0 Å². The van der Waals surface area contributed by atoms with Gasteiger partial charge in [0.15, 0.2) is 0 Å². The van der Waals surface area contributed by atoms with E-state index in [0.717, 1.165) is 22.5 Å². The Labute approximate surface area is 187 Å². The van der Waals surface area contributed by atoms with Gasteiger partial charge in [-0.25, -0.2) is 0 Å². The Balaban J connectivity index is 1.96. The first-order valence-electron chi connectivity index (χ1n) is 10.4. The third kappa shape index (κ3) is 4.91. The largest absolute Gasteiger partial charge is 0.480 e. The molecule has 0 aromatic heterocycles. The molecule has 32 heavy (non-hydrogen) atoms. The van der Waals surface area contributed by atoms with Crippen molar-refractivity contribution in [3.05, 3.63) is 70.8 Å². The number of carboxylic acids is 2. The lowest BCUT2D eigenvalue weighted by Gasteiger charge is -2.21. The molecule has 0 aliphatic rings. The number of rotatable bonds is 8. The Morgan fingerprint density at radius 1 is 0.594 bits per heavy atom. The van der Waals surface area contributed by atoms with Crippen LogP contribution in [0, 0.1) is 27.7 Å². The molecule has 6 nitrogen and oxygen atoms in total. The molecule has 0 atom stereocenters. The quantitative estimate of drug-likeness (QED) is 0.388. The monoisotopic (exact) mass is 432 g/mol. The second kappa shape index (κ2) is 9.56. The van der Waals surface area contributed by atoms with Crippen molar-refractivity contribution < 1.29 is 19.8 Å². The van der Waals surface area contributed by atoms with Crippen LogP contribution in [0.4, 0.5) is 11.4 Å². The maximum absolute atomic E-state index is 10.8. The van der Waals surface area contributed by atoms with Gasteiger partial charge in [-0.15, -0.1) is 0 Å². The average Bonchev–Trinajstić information content (AvgIpc) is 2.77. The van der Waals surface area contributed by atoms with E-state index in [0.29, 0.717) is 0 Å². The molecule has 0 aliphatic heterocycles. The summed E-state index contributed by atoms with van der Waals surface area (Å²) in [6.45, 7) is 8.27. The number of hydrogen-bond acceptors (Lipinski definition) is 4. The first kappa shape index (κ1) is 22.9. The molecule has 4 N–H and O–H groups in total. The van der Waals surface area contributed by atoms with Gasteiger partial charge in [-0.2, -0.15) is 0 Å². The topological polar surface area (TPSA) is 98.7 Å². The highest BCUT2D eigenvalue weighted by atomic mass is 16.4. The zero-order valence-electron chi connectivity index (χ0n) is 18.7. The molecular formula is C26H28N2O4. The van der Waals surface area contributed by atoms with Crippen LogP contribution in [0.1, 0.15) is 22.3 Å². The Morgan fingerprint density at radius 3 is 1.12 bits per heavy atom.